The Kier molecular flexibility index (Phi) is 3.87. The number of nitrogens with zero attached hydrogens (tertiary/aromatic N) is 4. The van der Waals surface area contributed by atoms with Crippen LogP contribution in [0.5, 0.6) is 0 Å². The van der Waals surface area contributed by atoms with Crippen molar-refractivity contribution in [3.63, 3.8) is 0 Å². The van der Waals surface area contributed by atoms with Crippen molar-refractivity contribution in [1.29, 1.82) is 5.41 Å². The third kappa shape index (κ3) is 2.49. The molecule has 1 aromatic heterocycles. The van der Waals surface area contributed by atoms with Gasteiger partial charge in [0.05, 0.1) is 0 Å². The molecule has 6 nitrogen and oxygen atoms in total. The molecular formula is C10H12N6S2. The van der Waals surface area contributed by atoms with Crippen LogP contribution in [-0.4, -0.2) is 32.3 Å². The van der Waals surface area contributed by atoms with Gasteiger partial charge in [-0.15, -0.1) is 16.9 Å². The van der Waals surface area contributed by atoms with E-state index >= 15 is 0 Å². The molecule has 94 valence electrons. The second-order valence-corrected chi connectivity index (χ2v) is 5.29. The van der Waals surface area contributed by atoms with Crippen molar-refractivity contribution >= 4 is 29.4 Å². The third-order valence-corrected chi connectivity index (χ3v) is 4.13. The summed E-state index contributed by atoms with van der Waals surface area (Å²) in [4.78, 5) is 1.86. The first kappa shape index (κ1) is 12.9. The van der Waals surface area contributed by atoms with E-state index in [0.29, 0.717) is 5.16 Å². The number of thioether (sulfide) groups is 1. The minimum absolute atomic E-state index is 0.0533. The lowest BCUT2D eigenvalue weighted by atomic mass is 10.2. The van der Waals surface area contributed by atoms with Gasteiger partial charge in [-0.3, -0.25) is 5.41 Å². The van der Waals surface area contributed by atoms with Gasteiger partial charge in [-0.25, -0.2) is 4.68 Å². The van der Waals surface area contributed by atoms with Gasteiger partial charge >= 0.3 is 0 Å². The lowest BCUT2D eigenvalue weighted by Gasteiger charge is -2.10. The number of aromatic nitrogens is 4. The maximum absolute atomic E-state index is 7.70. The Morgan fingerprint density at radius 1 is 1.39 bits per heavy atom. The molecule has 0 aliphatic rings. The van der Waals surface area contributed by atoms with Crippen LogP contribution >= 0.6 is 23.5 Å². The van der Waals surface area contributed by atoms with Crippen molar-refractivity contribution in [3.8, 4) is 0 Å². The van der Waals surface area contributed by atoms with Gasteiger partial charge in [-0.05, 0) is 40.6 Å². The van der Waals surface area contributed by atoms with E-state index in [0.717, 1.165) is 15.4 Å². The summed E-state index contributed by atoms with van der Waals surface area (Å²) in [5.74, 6) is 0.0533. The molecule has 1 aromatic carbocycles. The van der Waals surface area contributed by atoms with E-state index in [9.17, 15) is 0 Å². The highest BCUT2D eigenvalue weighted by Crippen LogP contribution is 2.33. The number of rotatable bonds is 4. The number of nitrogen functional groups attached to an aromatic ring is 1. The van der Waals surface area contributed by atoms with Gasteiger partial charge in [0, 0.05) is 22.4 Å². The molecule has 3 N–H and O–H groups in total. The molecule has 1 heterocycles. The van der Waals surface area contributed by atoms with E-state index in [1.165, 1.54) is 11.8 Å². The molecule has 0 radical (unpaired) electrons. The molecule has 0 amide bonds. The maximum Gasteiger partial charge on any atom is 0.213 e. The average Bonchev–Trinajstić information content (AvgIpc) is 2.74. The molecule has 0 aliphatic carbocycles. The molecule has 0 saturated heterocycles. The molecule has 0 aliphatic heterocycles. The summed E-state index contributed by atoms with van der Waals surface area (Å²) in [6.07, 6.45) is 1.96. The summed E-state index contributed by atoms with van der Waals surface area (Å²) in [5, 5.41) is 19.6. The van der Waals surface area contributed by atoms with E-state index < -0.39 is 0 Å². The molecule has 2 aromatic rings. The Labute approximate surface area is 113 Å². The van der Waals surface area contributed by atoms with Gasteiger partial charge in [-0.2, -0.15) is 0 Å². The summed E-state index contributed by atoms with van der Waals surface area (Å²) in [5.41, 5.74) is 6.39. The fourth-order valence-electron chi connectivity index (χ4n) is 1.44. The number of hydrogen-bond donors (Lipinski definition) is 2. The fraction of sp³-hybridized carbons (Fsp3) is 0.200. The minimum Gasteiger partial charge on any atom is -0.384 e. The van der Waals surface area contributed by atoms with Crippen molar-refractivity contribution in [2.75, 3.05) is 6.26 Å². The predicted octanol–water partition coefficient (Wildman–Crippen LogP) is 1.37. The first-order valence-electron chi connectivity index (χ1n) is 5.05. The predicted molar refractivity (Wildman–Crippen MR) is 72.2 cm³/mol. The largest absolute Gasteiger partial charge is 0.384 e. The maximum atomic E-state index is 7.70. The standard InChI is InChI=1S/C10H12N6S2/c1-16-10(13-14-15-16)18-7-5-3-4-6(17-2)8(7)9(11)12/h3-5H,1-2H3,(H3,11,12). The smallest absolute Gasteiger partial charge is 0.213 e. The van der Waals surface area contributed by atoms with Crippen LogP contribution in [-0.2, 0) is 7.05 Å². The summed E-state index contributed by atoms with van der Waals surface area (Å²) < 4.78 is 1.58. The molecule has 0 bridgehead atoms. The quantitative estimate of drug-likeness (QED) is 0.499. The monoisotopic (exact) mass is 280 g/mol. The van der Waals surface area contributed by atoms with Crippen LogP contribution in [0.1, 0.15) is 5.56 Å². The van der Waals surface area contributed by atoms with Crippen LogP contribution in [0.2, 0.25) is 0 Å². The molecule has 0 fully saturated rings. The zero-order chi connectivity index (χ0) is 13.1. The highest BCUT2D eigenvalue weighted by atomic mass is 32.2. The van der Waals surface area contributed by atoms with E-state index in [1.807, 2.05) is 24.5 Å². The van der Waals surface area contributed by atoms with Gasteiger partial charge < -0.3 is 5.73 Å². The summed E-state index contributed by atoms with van der Waals surface area (Å²) in [6, 6.07) is 5.79. The van der Waals surface area contributed by atoms with Crippen molar-refractivity contribution in [2.45, 2.75) is 14.9 Å². The number of tetrazole rings is 1. The number of benzene rings is 1. The molecule has 8 heteroatoms. The zero-order valence-corrected chi connectivity index (χ0v) is 11.5. The number of nitrogens with one attached hydrogen (secondary N) is 1. The van der Waals surface area contributed by atoms with Crippen molar-refractivity contribution in [1.82, 2.24) is 20.2 Å². The lowest BCUT2D eigenvalue weighted by Crippen LogP contribution is -2.13. The van der Waals surface area contributed by atoms with Crippen molar-refractivity contribution < 1.29 is 0 Å². The van der Waals surface area contributed by atoms with Gasteiger partial charge in [0.25, 0.3) is 0 Å². The summed E-state index contributed by atoms with van der Waals surface area (Å²) >= 11 is 2.96. The Balaban J connectivity index is 2.44. The third-order valence-electron chi connectivity index (χ3n) is 2.26. The number of nitrogens with two attached hydrogens (primary N) is 1. The van der Waals surface area contributed by atoms with E-state index in [2.05, 4.69) is 15.5 Å². The van der Waals surface area contributed by atoms with Gasteiger partial charge in [0.1, 0.15) is 5.84 Å². The van der Waals surface area contributed by atoms with E-state index in [1.54, 1.807) is 23.5 Å². The lowest BCUT2D eigenvalue weighted by molar-refractivity contribution is 0.664. The summed E-state index contributed by atoms with van der Waals surface area (Å²) in [7, 11) is 1.77. The van der Waals surface area contributed by atoms with Gasteiger partial charge in [0.15, 0.2) is 0 Å². The molecule has 0 saturated carbocycles. The Morgan fingerprint density at radius 2 is 2.11 bits per heavy atom. The second-order valence-electron chi connectivity index (χ2n) is 3.43. The van der Waals surface area contributed by atoms with Gasteiger partial charge in [0.2, 0.25) is 5.16 Å². The molecule has 2 rings (SSSR count). The summed E-state index contributed by atoms with van der Waals surface area (Å²) in [6.45, 7) is 0. The number of hydrogen-bond acceptors (Lipinski definition) is 6. The van der Waals surface area contributed by atoms with E-state index in [-0.39, 0.29) is 5.84 Å². The van der Waals surface area contributed by atoms with Crippen LogP contribution in [0, 0.1) is 5.41 Å². The van der Waals surface area contributed by atoms with Crippen LogP contribution < -0.4 is 5.73 Å². The highest BCUT2D eigenvalue weighted by molar-refractivity contribution is 7.99. The molecule has 0 unspecified atom stereocenters. The average molecular weight is 280 g/mol. The van der Waals surface area contributed by atoms with Crippen LogP contribution in [0.15, 0.2) is 33.1 Å². The number of aryl methyl sites for hydroxylation is 1. The minimum atomic E-state index is 0.0533. The SMILES string of the molecule is CSc1cccc(Sc2nnnn2C)c1C(=N)N. The molecular weight excluding hydrogens is 268 g/mol. The number of amidine groups is 1. The Morgan fingerprint density at radius 3 is 2.67 bits per heavy atom. The van der Waals surface area contributed by atoms with E-state index in [4.69, 9.17) is 11.1 Å². The first-order valence-corrected chi connectivity index (χ1v) is 7.09. The molecule has 0 atom stereocenters. The zero-order valence-electron chi connectivity index (χ0n) is 9.91. The molecule has 18 heavy (non-hydrogen) atoms. The normalized spacial score (nSPS) is 10.6. The Bertz CT molecular complexity index is 579. The van der Waals surface area contributed by atoms with Crippen LogP contribution in [0.3, 0.4) is 0 Å². The topological polar surface area (TPSA) is 93.5 Å². The molecule has 0 spiro atoms. The second kappa shape index (κ2) is 5.40. The van der Waals surface area contributed by atoms with Gasteiger partial charge in [-0.1, -0.05) is 6.07 Å². The fourth-order valence-corrected chi connectivity index (χ4v) is 3.05. The van der Waals surface area contributed by atoms with Crippen molar-refractivity contribution in [3.05, 3.63) is 23.8 Å². The van der Waals surface area contributed by atoms with Crippen molar-refractivity contribution in [2.24, 2.45) is 12.8 Å². The first-order chi connectivity index (χ1) is 8.63. The van der Waals surface area contributed by atoms with Crippen LogP contribution in [0.25, 0.3) is 0 Å². The Hall–Kier alpha value is -1.54. The van der Waals surface area contributed by atoms with Crippen LogP contribution in [0.4, 0.5) is 0 Å². The highest BCUT2D eigenvalue weighted by Gasteiger charge is 2.14.